The van der Waals surface area contributed by atoms with Crippen LogP contribution < -0.4 is 10.5 Å². The average molecular weight is 343 g/mol. The minimum Gasteiger partial charge on any atom is -0.482 e. The summed E-state index contributed by atoms with van der Waals surface area (Å²) in [6, 6.07) is 3.83. The van der Waals surface area contributed by atoms with Crippen LogP contribution in [0.3, 0.4) is 0 Å². The van der Waals surface area contributed by atoms with Crippen LogP contribution in [0.1, 0.15) is 46.4 Å². The molecule has 1 aromatic heterocycles. The van der Waals surface area contributed by atoms with Gasteiger partial charge in [0.25, 0.3) is 0 Å². The van der Waals surface area contributed by atoms with Crippen molar-refractivity contribution in [3.63, 3.8) is 0 Å². The summed E-state index contributed by atoms with van der Waals surface area (Å²) in [5.41, 5.74) is 5.70. The Hall–Kier alpha value is -1.11. The Balaban J connectivity index is 2.36. The molecule has 1 rings (SSSR count). The fourth-order valence-corrected chi connectivity index (χ4v) is 2.42. The number of hydrogen-bond donors (Lipinski definition) is 1. The van der Waals surface area contributed by atoms with Gasteiger partial charge in [0.05, 0.1) is 35.8 Å². The molecule has 0 unspecified atom stereocenters. The van der Waals surface area contributed by atoms with Crippen LogP contribution in [0, 0.1) is 0 Å². The summed E-state index contributed by atoms with van der Waals surface area (Å²) in [6.45, 7) is 14.3. The summed E-state index contributed by atoms with van der Waals surface area (Å²) in [7, 11) is 0. The zero-order valence-corrected chi connectivity index (χ0v) is 16.0. The largest absolute Gasteiger partial charge is 0.482 e. The lowest BCUT2D eigenvalue weighted by Gasteiger charge is -2.19. The third-order valence-electron chi connectivity index (χ3n) is 2.61. The molecule has 0 bridgehead atoms. The Morgan fingerprint density at radius 2 is 1.61 bits per heavy atom. The Labute approximate surface area is 143 Å². The number of rotatable bonds is 8. The molecule has 0 atom stereocenters. The summed E-state index contributed by atoms with van der Waals surface area (Å²) < 4.78 is 16.9. The smallest absolute Gasteiger partial charge is 0.174 e. The highest BCUT2D eigenvalue weighted by atomic mass is 32.1. The summed E-state index contributed by atoms with van der Waals surface area (Å²) >= 11 is 1.49. The summed E-state index contributed by atoms with van der Waals surface area (Å²) in [5.74, 6) is 0.522. The maximum atomic E-state index is 5.99. The molecule has 2 N–H and O–H groups in total. The maximum absolute atomic E-state index is 5.99. The molecule has 0 saturated heterocycles. The first-order chi connectivity index (χ1) is 10.6. The van der Waals surface area contributed by atoms with E-state index in [0.29, 0.717) is 32.2 Å². The predicted octanol–water partition coefficient (Wildman–Crippen LogP) is 3.46. The van der Waals surface area contributed by atoms with Crippen molar-refractivity contribution in [2.45, 2.75) is 52.7 Å². The lowest BCUT2D eigenvalue weighted by atomic mass is 10.2. The minimum atomic E-state index is -0.149. The fourth-order valence-electron chi connectivity index (χ4n) is 1.62. The molecule has 0 radical (unpaired) electrons. The standard InChI is InChI=1S/C17H30N2O3S/c1-16(2,3)21-10-9-19-15(18)13-7-8-14(23-13)20-11-12-22-17(4,5)6/h7-8H,9-12H2,1-6H3,(H2,18,19). The molecular weight excluding hydrogens is 312 g/mol. The first kappa shape index (κ1) is 19.9. The van der Waals surface area contributed by atoms with E-state index >= 15 is 0 Å². The second kappa shape index (κ2) is 8.66. The van der Waals surface area contributed by atoms with Crippen molar-refractivity contribution in [1.29, 1.82) is 0 Å². The monoisotopic (exact) mass is 342 g/mol. The van der Waals surface area contributed by atoms with Gasteiger partial charge >= 0.3 is 0 Å². The number of nitrogens with zero attached hydrogens (tertiary/aromatic N) is 1. The molecule has 6 heteroatoms. The van der Waals surface area contributed by atoms with Crippen molar-refractivity contribution < 1.29 is 14.2 Å². The molecule has 0 spiro atoms. The molecule has 0 amide bonds. The van der Waals surface area contributed by atoms with Crippen molar-refractivity contribution in [2.24, 2.45) is 10.7 Å². The van der Waals surface area contributed by atoms with Gasteiger partial charge in [0, 0.05) is 0 Å². The fraction of sp³-hybridized carbons (Fsp3) is 0.706. The Morgan fingerprint density at radius 1 is 1.00 bits per heavy atom. The van der Waals surface area contributed by atoms with Crippen LogP contribution in [0.5, 0.6) is 5.06 Å². The van der Waals surface area contributed by atoms with E-state index in [2.05, 4.69) is 4.99 Å². The molecular formula is C17H30N2O3S. The number of amidine groups is 1. The van der Waals surface area contributed by atoms with Crippen LogP contribution in [-0.4, -0.2) is 43.4 Å². The van der Waals surface area contributed by atoms with Crippen molar-refractivity contribution in [1.82, 2.24) is 0 Å². The maximum Gasteiger partial charge on any atom is 0.174 e. The Kier molecular flexibility index (Phi) is 7.51. The summed E-state index contributed by atoms with van der Waals surface area (Å²) in [4.78, 5) is 5.25. The van der Waals surface area contributed by atoms with E-state index in [1.165, 1.54) is 11.3 Å². The Bertz CT molecular complexity index is 499. The summed E-state index contributed by atoms with van der Waals surface area (Å²) in [5, 5.41) is 0.821. The second-order valence-corrected chi connectivity index (χ2v) is 8.20. The van der Waals surface area contributed by atoms with E-state index in [-0.39, 0.29) is 11.2 Å². The highest BCUT2D eigenvalue weighted by Gasteiger charge is 2.11. The average Bonchev–Trinajstić information content (AvgIpc) is 2.86. The second-order valence-electron chi connectivity index (χ2n) is 7.16. The van der Waals surface area contributed by atoms with Crippen molar-refractivity contribution in [3.8, 4) is 5.06 Å². The van der Waals surface area contributed by atoms with Crippen LogP contribution in [0.25, 0.3) is 0 Å². The van der Waals surface area contributed by atoms with Gasteiger partial charge in [-0.2, -0.15) is 0 Å². The van der Waals surface area contributed by atoms with Gasteiger partial charge in [-0.3, -0.25) is 4.99 Å². The third kappa shape index (κ3) is 9.58. The number of nitrogens with two attached hydrogens (primary N) is 1. The van der Waals surface area contributed by atoms with Gasteiger partial charge < -0.3 is 19.9 Å². The van der Waals surface area contributed by atoms with E-state index in [4.69, 9.17) is 19.9 Å². The van der Waals surface area contributed by atoms with Gasteiger partial charge in [-0.1, -0.05) is 11.3 Å². The molecule has 0 aromatic carbocycles. The molecule has 0 aliphatic heterocycles. The molecule has 0 saturated carbocycles. The minimum absolute atomic E-state index is 0.143. The summed E-state index contributed by atoms with van der Waals surface area (Å²) in [6.07, 6.45) is 0. The normalized spacial score (nSPS) is 13.4. The lowest BCUT2D eigenvalue weighted by molar-refractivity contribution is -0.0158. The Morgan fingerprint density at radius 3 is 2.22 bits per heavy atom. The lowest BCUT2D eigenvalue weighted by Crippen LogP contribution is -2.22. The van der Waals surface area contributed by atoms with Crippen LogP contribution in [0.4, 0.5) is 0 Å². The van der Waals surface area contributed by atoms with Crippen LogP contribution in [0.15, 0.2) is 17.1 Å². The van der Waals surface area contributed by atoms with E-state index in [0.717, 1.165) is 9.94 Å². The molecule has 23 heavy (non-hydrogen) atoms. The van der Waals surface area contributed by atoms with Gasteiger partial charge in [-0.15, -0.1) is 0 Å². The number of hydrogen-bond acceptors (Lipinski definition) is 5. The van der Waals surface area contributed by atoms with Crippen molar-refractivity contribution in [2.75, 3.05) is 26.4 Å². The quantitative estimate of drug-likeness (QED) is 0.446. The number of ether oxygens (including phenoxy) is 3. The molecule has 0 aliphatic carbocycles. The van der Waals surface area contributed by atoms with Crippen molar-refractivity contribution in [3.05, 3.63) is 17.0 Å². The van der Waals surface area contributed by atoms with Crippen LogP contribution >= 0.6 is 11.3 Å². The predicted molar refractivity (Wildman–Crippen MR) is 96.8 cm³/mol. The molecule has 0 aliphatic rings. The van der Waals surface area contributed by atoms with Crippen LogP contribution in [0.2, 0.25) is 0 Å². The molecule has 1 aromatic rings. The van der Waals surface area contributed by atoms with Gasteiger partial charge in [0.15, 0.2) is 5.06 Å². The van der Waals surface area contributed by atoms with E-state index in [9.17, 15) is 0 Å². The molecule has 5 nitrogen and oxygen atoms in total. The third-order valence-corrected chi connectivity index (χ3v) is 3.63. The van der Waals surface area contributed by atoms with E-state index in [1.54, 1.807) is 0 Å². The topological polar surface area (TPSA) is 66.1 Å². The van der Waals surface area contributed by atoms with Gasteiger partial charge in [0.2, 0.25) is 0 Å². The molecule has 1 heterocycles. The first-order valence-corrected chi connectivity index (χ1v) is 8.69. The van der Waals surface area contributed by atoms with Gasteiger partial charge in [0.1, 0.15) is 12.4 Å². The zero-order valence-electron chi connectivity index (χ0n) is 15.1. The van der Waals surface area contributed by atoms with Gasteiger partial charge in [-0.25, -0.2) is 0 Å². The molecule has 0 fully saturated rings. The molecule has 132 valence electrons. The highest BCUT2D eigenvalue weighted by molar-refractivity contribution is 7.15. The zero-order chi connectivity index (χ0) is 17.5. The number of aliphatic imine (C=N–C) groups is 1. The number of thiophene rings is 1. The van der Waals surface area contributed by atoms with Crippen LogP contribution in [-0.2, 0) is 9.47 Å². The highest BCUT2D eigenvalue weighted by Crippen LogP contribution is 2.24. The van der Waals surface area contributed by atoms with Crippen molar-refractivity contribution >= 4 is 17.2 Å². The van der Waals surface area contributed by atoms with E-state index in [1.807, 2.05) is 53.7 Å². The SMILES string of the molecule is CC(C)(C)OCCN=C(N)c1ccc(OCCOC(C)(C)C)s1. The van der Waals surface area contributed by atoms with E-state index < -0.39 is 0 Å². The first-order valence-electron chi connectivity index (χ1n) is 7.88. The van der Waals surface area contributed by atoms with Gasteiger partial charge in [-0.05, 0) is 53.7 Å².